The molecule has 2 N–H and O–H groups in total. The summed E-state index contributed by atoms with van der Waals surface area (Å²) in [6.45, 7) is 5.10. The summed E-state index contributed by atoms with van der Waals surface area (Å²) in [5, 5.41) is 18.0. The maximum absolute atomic E-state index is 9.51. The minimum atomic E-state index is -0.161. The van der Waals surface area contributed by atoms with Gasteiger partial charge >= 0.3 is 0 Å². The van der Waals surface area contributed by atoms with Crippen LogP contribution in [0.2, 0.25) is 5.02 Å². The number of hydrogen-bond acceptors (Lipinski definition) is 3. The van der Waals surface area contributed by atoms with Crippen LogP contribution in [0.3, 0.4) is 0 Å². The van der Waals surface area contributed by atoms with Crippen molar-refractivity contribution < 1.29 is 5.11 Å². The van der Waals surface area contributed by atoms with Gasteiger partial charge in [0.05, 0.1) is 23.5 Å². The third kappa shape index (κ3) is 3.46. The highest BCUT2D eigenvalue weighted by molar-refractivity contribution is 6.31. The first kappa shape index (κ1) is 13.8. The summed E-state index contributed by atoms with van der Waals surface area (Å²) in [6, 6.07) is 0.614. The van der Waals surface area contributed by atoms with Crippen molar-refractivity contribution in [1.82, 2.24) is 15.1 Å². The Morgan fingerprint density at radius 2 is 2.33 bits per heavy atom. The zero-order valence-electron chi connectivity index (χ0n) is 11.1. The molecule has 1 saturated carbocycles. The lowest BCUT2D eigenvalue weighted by molar-refractivity contribution is 0.159. The Labute approximate surface area is 113 Å². The largest absolute Gasteiger partial charge is 0.394 e. The molecule has 1 atom stereocenters. The summed E-state index contributed by atoms with van der Waals surface area (Å²) in [5.41, 5.74) is 0.851. The molecule has 4 nitrogen and oxygen atoms in total. The fourth-order valence-corrected chi connectivity index (χ4v) is 2.33. The molecule has 0 bridgehead atoms. The second-order valence-corrected chi connectivity index (χ2v) is 5.95. The summed E-state index contributed by atoms with van der Waals surface area (Å²) in [5.74, 6) is 0. The second kappa shape index (κ2) is 5.59. The molecular weight excluding hydrogens is 250 g/mol. The van der Waals surface area contributed by atoms with Crippen LogP contribution in [0.1, 0.15) is 38.3 Å². The van der Waals surface area contributed by atoms with E-state index in [1.54, 1.807) is 6.20 Å². The number of aryl methyl sites for hydroxylation is 1. The van der Waals surface area contributed by atoms with Crippen molar-refractivity contribution in [2.45, 2.75) is 57.7 Å². The number of nitrogens with one attached hydrogen (secondary N) is 1. The fourth-order valence-electron chi connectivity index (χ4n) is 2.19. The van der Waals surface area contributed by atoms with Crippen LogP contribution in [-0.2, 0) is 6.54 Å². The molecule has 0 saturated heterocycles. The number of rotatable bonds is 7. The Balaban J connectivity index is 1.81. The first-order valence-electron chi connectivity index (χ1n) is 6.60. The molecule has 1 heterocycles. The lowest BCUT2D eigenvalue weighted by Crippen LogP contribution is -2.47. The molecule has 1 unspecified atom stereocenters. The zero-order valence-corrected chi connectivity index (χ0v) is 11.9. The van der Waals surface area contributed by atoms with Crippen LogP contribution < -0.4 is 5.32 Å². The maximum atomic E-state index is 9.51. The van der Waals surface area contributed by atoms with Gasteiger partial charge < -0.3 is 10.4 Å². The van der Waals surface area contributed by atoms with Crippen molar-refractivity contribution in [2.75, 3.05) is 6.61 Å². The van der Waals surface area contributed by atoms with Crippen LogP contribution in [-0.4, -0.2) is 33.1 Å². The fraction of sp³-hybridized carbons (Fsp3) is 0.769. The minimum absolute atomic E-state index is 0.161. The number of hydrogen-bond donors (Lipinski definition) is 2. The van der Waals surface area contributed by atoms with Gasteiger partial charge in [0, 0.05) is 18.1 Å². The summed E-state index contributed by atoms with van der Waals surface area (Å²) < 4.78 is 1.93. The van der Waals surface area contributed by atoms with Crippen molar-refractivity contribution in [1.29, 1.82) is 0 Å². The minimum Gasteiger partial charge on any atom is -0.394 e. The molecule has 1 fully saturated rings. The predicted octanol–water partition coefficient (Wildman–Crippen LogP) is 2.13. The quantitative estimate of drug-likeness (QED) is 0.799. The molecular formula is C13H22ClN3O. The van der Waals surface area contributed by atoms with E-state index in [1.165, 1.54) is 12.8 Å². The highest BCUT2D eigenvalue weighted by Crippen LogP contribution is 2.25. The Morgan fingerprint density at radius 1 is 1.61 bits per heavy atom. The van der Waals surface area contributed by atoms with Crippen LogP contribution in [0.5, 0.6) is 0 Å². The number of aliphatic hydroxyl groups is 1. The van der Waals surface area contributed by atoms with Crippen LogP contribution >= 0.6 is 11.6 Å². The molecule has 1 aromatic heterocycles. The van der Waals surface area contributed by atoms with Crippen molar-refractivity contribution in [3.05, 3.63) is 16.9 Å². The molecule has 0 spiro atoms. The highest BCUT2D eigenvalue weighted by Gasteiger charge is 2.31. The maximum Gasteiger partial charge on any atom is 0.0814 e. The SMILES string of the molecule is Cc1c(Cl)cnn1CCCC(C)(CO)NC1CC1. The van der Waals surface area contributed by atoms with E-state index in [2.05, 4.69) is 17.3 Å². The van der Waals surface area contributed by atoms with Crippen LogP contribution in [0.25, 0.3) is 0 Å². The Morgan fingerprint density at radius 3 is 2.83 bits per heavy atom. The Kier molecular flexibility index (Phi) is 4.30. The second-order valence-electron chi connectivity index (χ2n) is 5.54. The first-order chi connectivity index (χ1) is 8.54. The smallest absolute Gasteiger partial charge is 0.0814 e. The van der Waals surface area contributed by atoms with Gasteiger partial charge in [-0.2, -0.15) is 5.10 Å². The molecule has 1 aliphatic carbocycles. The van der Waals surface area contributed by atoms with Gasteiger partial charge in [-0.1, -0.05) is 11.6 Å². The number of nitrogens with zero attached hydrogens (tertiary/aromatic N) is 2. The van der Waals surface area contributed by atoms with Gasteiger partial charge in [0.25, 0.3) is 0 Å². The summed E-state index contributed by atoms with van der Waals surface area (Å²) in [7, 11) is 0. The van der Waals surface area contributed by atoms with E-state index in [9.17, 15) is 5.11 Å². The average molecular weight is 272 g/mol. The molecule has 0 aromatic carbocycles. The molecule has 0 amide bonds. The molecule has 18 heavy (non-hydrogen) atoms. The molecule has 2 rings (SSSR count). The third-order valence-corrected chi connectivity index (χ3v) is 3.99. The Bertz CT molecular complexity index is 403. The molecule has 1 aromatic rings. The Hall–Kier alpha value is -0.580. The molecule has 0 aliphatic heterocycles. The molecule has 102 valence electrons. The van der Waals surface area contributed by atoms with E-state index < -0.39 is 0 Å². The predicted molar refractivity (Wildman–Crippen MR) is 72.9 cm³/mol. The molecule has 0 radical (unpaired) electrons. The van der Waals surface area contributed by atoms with Gasteiger partial charge in [-0.15, -0.1) is 0 Å². The van der Waals surface area contributed by atoms with Gasteiger partial charge in [-0.25, -0.2) is 0 Å². The van der Waals surface area contributed by atoms with Crippen LogP contribution in [0.15, 0.2) is 6.20 Å². The standard InChI is InChI=1S/C13H22ClN3O/c1-10-12(14)8-15-17(10)7-3-6-13(2,9-18)16-11-4-5-11/h8,11,16,18H,3-7,9H2,1-2H3. The van der Waals surface area contributed by atoms with Crippen molar-refractivity contribution >= 4 is 11.6 Å². The number of halogens is 1. The van der Waals surface area contributed by atoms with Crippen molar-refractivity contribution in [2.24, 2.45) is 0 Å². The third-order valence-electron chi connectivity index (χ3n) is 3.62. The van der Waals surface area contributed by atoms with E-state index in [0.29, 0.717) is 6.04 Å². The van der Waals surface area contributed by atoms with Crippen molar-refractivity contribution in [3.8, 4) is 0 Å². The monoisotopic (exact) mass is 271 g/mol. The average Bonchev–Trinajstić information content (AvgIpc) is 3.10. The lowest BCUT2D eigenvalue weighted by Gasteiger charge is -2.29. The van der Waals surface area contributed by atoms with E-state index in [-0.39, 0.29) is 12.1 Å². The normalized spacial score (nSPS) is 18.9. The molecule has 1 aliphatic rings. The number of aromatic nitrogens is 2. The van der Waals surface area contributed by atoms with E-state index in [0.717, 1.165) is 30.1 Å². The lowest BCUT2D eigenvalue weighted by atomic mass is 9.96. The summed E-state index contributed by atoms with van der Waals surface area (Å²) in [6.07, 6.45) is 6.09. The van der Waals surface area contributed by atoms with Gasteiger partial charge in [0.15, 0.2) is 0 Å². The van der Waals surface area contributed by atoms with E-state index in [4.69, 9.17) is 11.6 Å². The highest BCUT2D eigenvalue weighted by atomic mass is 35.5. The van der Waals surface area contributed by atoms with Gasteiger partial charge in [-0.3, -0.25) is 4.68 Å². The molecule has 5 heteroatoms. The van der Waals surface area contributed by atoms with Gasteiger partial charge in [0.2, 0.25) is 0 Å². The zero-order chi connectivity index (χ0) is 13.2. The van der Waals surface area contributed by atoms with Gasteiger partial charge in [0.1, 0.15) is 0 Å². The van der Waals surface area contributed by atoms with Gasteiger partial charge in [-0.05, 0) is 39.5 Å². The van der Waals surface area contributed by atoms with E-state index >= 15 is 0 Å². The summed E-state index contributed by atoms with van der Waals surface area (Å²) >= 11 is 5.97. The van der Waals surface area contributed by atoms with E-state index in [1.807, 2.05) is 11.6 Å². The topological polar surface area (TPSA) is 50.1 Å². The first-order valence-corrected chi connectivity index (χ1v) is 6.98. The summed E-state index contributed by atoms with van der Waals surface area (Å²) in [4.78, 5) is 0. The van der Waals surface area contributed by atoms with Crippen molar-refractivity contribution in [3.63, 3.8) is 0 Å². The number of aliphatic hydroxyl groups excluding tert-OH is 1. The van der Waals surface area contributed by atoms with Crippen LogP contribution in [0.4, 0.5) is 0 Å². The van der Waals surface area contributed by atoms with Crippen LogP contribution in [0, 0.1) is 6.92 Å².